The van der Waals surface area contributed by atoms with E-state index in [9.17, 15) is 0 Å². The molecule has 0 heteroatoms. The van der Waals surface area contributed by atoms with Gasteiger partial charge in [0, 0.05) is 0 Å². The standard InChI is InChI=1S/C17H26.C8H18.4C2H2/c1-2-6-14-12(4-1)8-10-17-15-7-3-5-13(15)9-11-16(14)17;1-4-5-6-7-8(2)3;4*1-2/h8,13-17H,1-7,9-11H2;8H,4-7H2,1-3H3;4*1-2H/t13?,14?,15-,16-,17?;;;;;/m1...../s1. The fourth-order valence-corrected chi connectivity index (χ4v) is 6.67. The molecule has 0 aromatic rings. The van der Waals surface area contributed by atoms with E-state index in [-0.39, 0.29) is 0 Å². The van der Waals surface area contributed by atoms with Gasteiger partial charge in [-0.1, -0.05) is 77.4 Å². The Morgan fingerprint density at radius 1 is 0.727 bits per heavy atom. The van der Waals surface area contributed by atoms with Gasteiger partial charge in [0.15, 0.2) is 0 Å². The summed E-state index contributed by atoms with van der Waals surface area (Å²) in [5.41, 5.74) is 1.88. The maximum Gasteiger partial charge on any atom is -0.0172 e. The van der Waals surface area contributed by atoms with E-state index < -0.39 is 0 Å². The summed E-state index contributed by atoms with van der Waals surface area (Å²) in [6.45, 7) is 6.83. The summed E-state index contributed by atoms with van der Waals surface area (Å²) in [4.78, 5) is 0. The van der Waals surface area contributed by atoms with E-state index in [4.69, 9.17) is 0 Å². The highest BCUT2D eigenvalue weighted by atomic mass is 14.5. The van der Waals surface area contributed by atoms with Gasteiger partial charge in [-0.25, -0.2) is 0 Å². The predicted octanol–water partition coefficient (Wildman–Crippen LogP) is 9.17. The van der Waals surface area contributed by atoms with Gasteiger partial charge in [0.1, 0.15) is 0 Å². The van der Waals surface area contributed by atoms with E-state index in [1.807, 2.05) is 5.57 Å². The van der Waals surface area contributed by atoms with E-state index in [1.165, 1.54) is 57.8 Å². The molecule has 4 aliphatic rings. The van der Waals surface area contributed by atoms with Crippen molar-refractivity contribution in [2.75, 3.05) is 0 Å². The zero-order valence-corrected chi connectivity index (χ0v) is 22.1. The zero-order valence-electron chi connectivity index (χ0n) is 22.1. The van der Waals surface area contributed by atoms with Gasteiger partial charge in [-0.3, -0.25) is 0 Å². The number of hydrogen-bond donors (Lipinski definition) is 0. The lowest BCUT2D eigenvalue weighted by molar-refractivity contribution is 0.0637. The number of rotatable bonds is 4. The topological polar surface area (TPSA) is 0 Å². The second kappa shape index (κ2) is 21.8. The minimum absolute atomic E-state index is 0.904. The van der Waals surface area contributed by atoms with Crippen LogP contribution >= 0.6 is 0 Å². The van der Waals surface area contributed by atoms with Crippen LogP contribution in [0.4, 0.5) is 0 Å². The molecule has 0 nitrogen and oxygen atoms in total. The third-order valence-corrected chi connectivity index (χ3v) is 7.95. The Balaban J connectivity index is 0. The van der Waals surface area contributed by atoms with Crippen LogP contribution in [0.1, 0.15) is 111 Å². The van der Waals surface area contributed by atoms with E-state index in [1.54, 1.807) is 32.1 Å². The lowest BCUT2D eigenvalue weighted by Crippen LogP contribution is -2.39. The van der Waals surface area contributed by atoms with Gasteiger partial charge in [-0.05, 0) is 80.5 Å². The molecule has 33 heavy (non-hydrogen) atoms. The van der Waals surface area contributed by atoms with E-state index in [2.05, 4.69) is 78.2 Å². The average molecular weight is 449 g/mol. The monoisotopic (exact) mass is 448 g/mol. The molecule has 184 valence electrons. The Kier molecular flexibility index (Phi) is 21.9. The summed E-state index contributed by atoms with van der Waals surface area (Å²) in [5, 5.41) is 0. The smallest absolute Gasteiger partial charge is 0.0172 e. The van der Waals surface area contributed by atoms with Crippen LogP contribution in [-0.2, 0) is 0 Å². The van der Waals surface area contributed by atoms with Crippen molar-refractivity contribution >= 4 is 0 Å². The average Bonchev–Trinajstić information content (AvgIpc) is 3.38. The van der Waals surface area contributed by atoms with Crippen molar-refractivity contribution in [1.29, 1.82) is 0 Å². The molecule has 0 heterocycles. The van der Waals surface area contributed by atoms with Crippen LogP contribution < -0.4 is 0 Å². The number of allylic oxidation sites excluding steroid dienone is 2. The number of unbranched alkanes of at least 4 members (excludes halogenated alkanes) is 2. The largest absolute Gasteiger partial charge is 0.124 e. The van der Waals surface area contributed by atoms with Crippen molar-refractivity contribution in [3.8, 4) is 51.4 Å². The van der Waals surface area contributed by atoms with E-state index >= 15 is 0 Å². The molecule has 0 aliphatic heterocycles. The highest BCUT2D eigenvalue weighted by molar-refractivity contribution is 5.17. The van der Waals surface area contributed by atoms with Gasteiger partial charge in [0.2, 0.25) is 0 Å². The molecule has 0 radical (unpaired) electrons. The number of terminal acetylenes is 4. The molecule has 0 amide bonds. The third-order valence-electron chi connectivity index (χ3n) is 7.95. The first-order valence-electron chi connectivity index (χ1n) is 13.2. The second-order valence-corrected chi connectivity index (χ2v) is 10.0. The van der Waals surface area contributed by atoms with Crippen molar-refractivity contribution in [3.63, 3.8) is 0 Å². The third kappa shape index (κ3) is 11.1. The Hall–Kier alpha value is -2.02. The highest BCUT2D eigenvalue weighted by Gasteiger charge is 2.46. The molecule has 3 saturated carbocycles. The van der Waals surface area contributed by atoms with Gasteiger partial charge in [-0.15, -0.1) is 51.4 Å². The Bertz CT molecular complexity index is 542. The zero-order chi connectivity index (χ0) is 25.6. The minimum atomic E-state index is 0.904. The van der Waals surface area contributed by atoms with Crippen molar-refractivity contribution < 1.29 is 0 Å². The van der Waals surface area contributed by atoms with Gasteiger partial charge >= 0.3 is 0 Å². The summed E-state index contributed by atoms with van der Waals surface area (Å²) in [6, 6.07) is 0. The minimum Gasteiger partial charge on any atom is -0.124 e. The molecular formula is C33H52. The molecule has 0 spiro atoms. The fraction of sp³-hybridized carbons (Fsp3) is 0.697. The van der Waals surface area contributed by atoms with Crippen molar-refractivity contribution in [2.24, 2.45) is 35.5 Å². The normalized spacial score (nSPS) is 28.0. The van der Waals surface area contributed by atoms with Crippen LogP contribution in [0, 0.1) is 86.9 Å². The molecule has 0 aromatic heterocycles. The van der Waals surface area contributed by atoms with Gasteiger partial charge < -0.3 is 0 Å². The van der Waals surface area contributed by atoms with Crippen LogP contribution in [0.3, 0.4) is 0 Å². The summed E-state index contributed by atoms with van der Waals surface area (Å²) in [7, 11) is 0. The maximum absolute atomic E-state index is 4.00. The molecule has 3 fully saturated rings. The molecule has 0 N–H and O–H groups in total. The van der Waals surface area contributed by atoms with Gasteiger partial charge in [0.05, 0.1) is 0 Å². The molecule has 0 aromatic carbocycles. The quantitative estimate of drug-likeness (QED) is 0.228. The fourth-order valence-electron chi connectivity index (χ4n) is 6.67. The molecule has 5 atom stereocenters. The van der Waals surface area contributed by atoms with E-state index in [0.29, 0.717) is 0 Å². The molecule has 0 saturated heterocycles. The Morgan fingerprint density at radius 3 is 2.00 bits per heavy atom. The van der Waals surface area contributed by atoms with Gasteiger partial charge in [-0.2, -0.15) is 0 Å². The Labute approximate surface area is 209 Å². The molecular weight excluding hydrogens is 396 g/mol. The van der Waals surface area contributed by atoms with Crippen LogP contribution in [0.25, 0.3) is 0 Å². The van der Waals surface area contributed by atoms with Crippen LogP contribution in [0.5, 0.6) is 0 Å². The van der Waals surface area contributed by atoms with Crippen LogP contribution in [-0.4, -0.2) is 0 Å². The summed E-state index contributed by atoms with van der Waals surface area (Å²) >= 11 is 0. The molecule has 4 aliphatic carbocycles. The number of fused-ring (bicyclic) bond motifs is 5. The van der Waals surface area contributed by atoms with Crippen molar-refractivity contribution in [2.45, 2.75) is 111 Å². The van der Waals surface area contributed by atoms with Crippen LogP contribution in [0.2, 0.25) is 0 Å². The lowest BCUT2D eigenvalue weighted by atomic mass is 9.57. The summed E-state index contributed by atoms with van der Waals surface area (Å²) < 4.78 is 0. The van der Waals surface area contributed by atoms with Gasteiger partial charge in [0.25, 0.3) is 0 Å². The maximum atomic E-state index is 4.00. The first kappa shape index (κ1) is 33.2. The summed E-state index contributed by atoms with van der Waals surface area (Å²) in [6.07, 6.45) is 55.5. The lowest BCUT2D eigenvalue weighted by Gasteiger charge is -2.48. The first-order chi connectivity index (χ1) is 16.2. The van der Waals surface area contributed by atoms with E-state index in [0.717, 1.165) is 35.5 Å². The SMILES string of the molecule is C#C.C#C.C#C.C#C.C1=C2CCCCC2[C@H]2CCC3CCC[C@H]3C2C1.CCCCCC(C)C. The first-order valence-corrected chi connectivity index (χ1v) is 13.2. The summed E-state index contributed by atoms with van der Waals surface area (Å²) in [5.74, 6) is 6.41. The molecule has 3 unspecified atom stereocenters. The highest BCUT2D eigenvalue weighted by Crippen LogP contribution is 2.56. The number of hydrogen-bond acceptors (Lipinski definition) is 0. The second-order valence-electron chi connectivity index (χ2n) is 10.0. The molecule has 4 rings (SSSR count). The predicted molar refractivity (Wildman–Crippen MR) is 150 cm³/mol. The Morgan fingerprint density at radius 2 is 1.39 bits per heavy atom. The van der Waals surface area contributed by atoms with Crippen molar-refractivity contribution in [3.05, 3.63) is 11.6 Å². The van der Waals surface area contributed by atoms with Crippen molar-refractivity contribution in [1.82, 2.24) is 0 Å². The molecule has 0 bridgehead atoms. The van der Waals surface area contributed by atoms with Crippen LogP contribution in [0.15, 0.2) is 11.6 Å².